The molecule has 1 fully saturated rings. The molecule has 0 aliphatic carbocycles. The van der Waals surface area contributed by atoms with Gasteiger partial charge in [-0.15, -0.1) is 0 Å². The minimum absolute atomic E-state index is 0.125. The molecule has 3 heterocycles. The maximum Gasteiger partial charge on any atom is 0.410 e. The highest BCUT2D eigenvalue weighted by Crippen LogP contribution is 2.31. The van der Waals surface area contributed by atoms with Crippen LogP contribution in [0.3, 0.4) is 0 Å². The summed E-state index contributed by atoms with van der Waals surface area (Å²) in [5.74, 6) is 1.29. The van der Waals surface area contributed by atoms with Crippen molar-refractivity contribution in [2.45, 2.75) is 64.5 Å². The monoisotopic (exact) mass is 455 g/mol. The van der Waals surface area contributed by atoms with E-state index in [0.29, 0.717) is 31.4 Å². The van der Waals surface area contributed by atoms with Crippen LogP contribution in [0, 0.1) is 0 Å². The lowest BCUT2D eigenvalue weighted by Crippen LogP contribution is -2.41. The number of benzene rings is 1. The van der Waals surface area contributed by atoms with Crippen LogP contribution >= 0.6 is 0 Å². The van der Waals surface area contributed by atoms with Gasteiger partial charge in [-0.05, 0) is 53.5 Å². The highest BCUT2D eigenvalue weighted by molar-refractivity contribution is 5.83. The van der Waals surface area contributed by atoms with Crippen molar-refractivity contribution in [3.05, 3.63) is 30.3 Å². The Hall–Kier alpha value is -2.94. The van der Waals surface area contributed by atoms with Gasteiger partial charge in [-0.2, -0.15) is 10.1 Å². The van der Waals surface area contributed by atoms with Gasteiger partial charge in [0.1, 0.15) is 5.60 Å². The first kappa shape index (κ1) is 23.2. The number of ether oxygens (including phenoxy) is 2. The maximum atomic E-state index is 12.3. The zero-order valence-electron chi connectivity index (χ0n) is 20.3. The first-order valence-corrected chi connectivity index (χ1v) is 11.4. The van der Waals surface area contributed by atoms with Crippen LogP contribution in [0.25, 0.3) is 22.3 Å². The van der Waals surface area contributed by atoms with E-state index in [9.17, 15) is 4.79 Å². The Morgan fingerprint density at radius 3 is 2.58 bits per heavy atom. The van der Waals surface area contributed by atoms with Crippen molar-refractivity contribution >= 4 is 17.0 Å². The van der Waals surface area contributed by atoms with Gasteiger partial charge < -0.3 is 18.9 Å². The van der Waals surface area contributed by atoms with Crippen LogP contribution in [-0.4, -0.2) is 63.3 Å². The first-order chi connectivity index (χ1) is 15.6. The molecule has 1 aromatic carbocycles. The predicted octanol–water partition coefficient (Wildman–Crippen LogP) is 4.58. The molecule has 33 heavy (non-hydrogen) atoms. The van der Waals surface area contributed by atoms with Crippen molar-refractivity contribution in [3.8, 4) is 11.4 Å². The molecule has 1 aliphatic heterocycles. The molecular weight excluding hydrogens is 422 g/mol. The SMILES string of the molecule is COCC(C)(C)n1ncc2ccc(-c3noc(C4CCN(C(=O)OC(C)(C)C)CC4)n3)cc21. The summed E-state index contributed by atoms with van der Waals surface area (Å²) in [7, 11) is 1.69. The summed E-state index contributed by atoms with van der Waals surface area (Å²) in [6.07, 6.45) is 3.11. The first-order valence-electron chi connectivity index (χ1n) is 11.4. The molecule has 0 saturated carbocycles. The van der Waals surface area contributed by atoms with Gasteiger partial charge in [-0.25, -0.2) is 4.79 Å². The highest BCUT2D eigenvalue weighted by Gasteiger charge is 2.30. The van der Waals surface area contributed by atoms with Gasteiger partial charge in [-0.1, -0.05) is 17.3 Å². The average molecular weight is 456 g/mol. The molecule has 9 nitrogen and oxygen atoms in total. The van der Waals surface area contributed by atoms with E-state index < -0.39 is 5.60 Å². The molecule has 2 aromatic heterocycles. The van der Waals surface area contributed by atoms with E-state index in [1.54, 1.807) is 12.0 Å². The smallest absolute Gasteiger partial charge is 0.410 e. The van der Waals surface area contributed by atoms with Crippen molar-refractivity contribution < 1.29 is 18.8 Å². The highest BCUT2D eigenvalue weighted by atomic mass is 16.6. The van der Waals surface area contributed by atoms with Gasteiger partial charge in [0.15, 0.2) is 0 Å². The zero-order valence-corrected chi connectivity index (χ0v) is 20.3. The normalized spacial score (nSPS) is 15.9. The van der Waals surface area contributed by atoms with E-state index >= 15 is 0 Å². The van der Waals surface area contributed by atoms with Crippen LogP contribution in [0.15, 0.2) is 28.9 Å². The number of nitrogens with zero attached hydrogens (tertiary/aromatic N) is 5. The minimum Gasteiger partial charge on any atom is -0.444 e. The molecule has 1 aliphatic rings. The largest absolute Gasteiger partial charge is 0.444 e. The fraction of sp³-hybridized carbons (Fsp3) is 0.583. The van der Waals surface area contributed by atoms with E-state index in [1.165, 1.54) is 0 Å². The number of hydrogen-bond acceptors (Lipinski definition) is 7. The van der Waals surface area contributed by atoms with Crippen LogP contribution in [0.1, 0.15) is 59.3 Å². The molecule has 0 unspecified atom stereocenters. The molecule has 1 amide bonds. The van der Waals surface area contributed by atoms with Gasteiger partial charge in [0, 0.05) is 37.1 Å². The third-order valence-electron chi connectivity index (χ3n) is 5.84. The number of methoxy groups -OCH3 is 1. The summed E-state index contributed by atoms with van der Waals surface area (Å²) in [5, 5.41) is 9.85. The van der Waals surface area contributed by atoms with E-state index in [1.807, 2.05) is 49.8 Å². The molecule has 1 saturated heterocycles. The lowest BCUT2D eigenvalue weighted by atomic mass is 9.97. The number of likely N-dealkylation sites (tertiary alicyclic amines) is 1. The Bertz CT molecular complexity index is 1120. The van der Waals surface area contributed by atoms with Crippen molar-refractivity contribution in [1.82, 2.24) is 24.8 Å². The number of hydrogen-bond donors (Lipinski definition) is 0. The second-order valence-corrected chi connectivity index (χ2v) is 10.3. The molecule has 178 valence electrons. The number of carbonyl (C=O) groups is 1. The van der Waals surface area contributed by atoms with Gasteiger partial charge >= 0.3 is 6.09 Å². The van der Waals surface area contributed by atoms with E-state index in [-0.39, 0.29) is 17.6 Å². The van der Waals surface area contributed by atoms with E-state index in [2.05, 4.69) is 29.1 Å². The summed E-state index contributed by atoms with van der Waals surface area (Å²) in [5.41, 5.74) is 1.08. The Kier molecular flexibility index (Phi) is 6.18. The second-order valence-electron chi connectivity index (χ2n) is 10.3. The number of piperidine rings is 1. The molecule has 0 atom stereocenters. The topological polar surface area (TPSA) is 95.5 Å². The van der Waals surface area contributed by atoms with Gasteiger partial charge in [0.05, 0.1) is 23.9 Å². The third kappa shape index (κ3) is 5.03. The number of fused-ring (bicyclic) bond motifs is 1. The summed E-state index contributed by atoms with van der Waals surface area (Å²) in [6.45, 7) is 11.6. The van der Waals surface area contributed by atoms with E-state index in [4.69, 9.17) is 14.0 Å². The minimum atomic E-state index is -0.495. The van der Waals surface area contributed by atoms with Crippen LogP contribution in [0.4, 0.5) is 4.79 Å². The van der Waals surface area contributed by atoms with Crippen LogP contribution in [-0.2, 0) is 15.0 Å². The zero-order chi connectivity index (χ0) is 23.8. The Labute approximate surface area is 194 Å². The molecule has 9 heteroatoms. The average Bonchev–Trinajstić information content (AvgIpc) is 3.40. The Morgan fingerprint density at radius 2 is 1.91 bits per heavy atom. The Balaban J connectivity index is 1.48. The molecule has 0 spiro atoms. The molecular formula is C24H33N5O4. The maximum absolute atomic E-state index is 12.3. The number of carbonyl (C=O) groups excluding carboxylic acids is 1. The number of rotatable bonds is 5. The quantitative estimate of drug-likeness (QED) is 0.555. The molecule has 0 bridgehead atoms. The molecule has 0 radical (unpaired) electrons. The summed E-state index contributed by atoms with van der Waals surface area (Å²) in [6, 6.07) is 6.04. The summed E-state index contributed by atoms with van der Waals surface area (Å²) in [4.78, 5) is 18.7. The van der Waals surface area contributed by atoms with Crippen molar-refractivity contribution in [1.29, 1.82) is 0 Å². The van der Waals surface area contributed by atoms with E-state index in [0.717, 1.165) is 29.3 Å². The van der Waals surface area contributed by atoms with Crippen LogP contribution in [0.2, 0.25) is 0 Å². The fourth-order valence-electron chi connectivity index (χ4n) is 4.21. The standard InChI is InChI=1S/C24H33N5O4/c1-23(2,3)32-22(30)28-11-9-16(10-12-28)21-26-20(27-33-21)17-7-8-18-14-25-29(19(18)13-17)24(4,5)15-31-6/h7-8,13-14,16H,9-12,15H2,1-6H3. The van der Waals surface area contributed by atoms with Crippen molar-refractivity contribution in [2.24, 2.45) is 0 Å². The number of amides is 1. The van der Waals surface area contributed by atoms with Crippen LogP contribution < -0.4 is 0 Å². The fourth-order valence-corrected chi connectivity index (χ4v) is 4.21. The lowest BCUT2D eigenvalue weighted by Gasteiger charge is -2.32. The van der Waals surface area contributed by atoms with Gasteiger partial charge in [-0.3, -0.25) is 4.68 Å². The van der Waals surface area contributed by atoms with Crippen LogP contribution in [0.5, 0.6) is 0 Å². The summed E-state index contributed by atoms with van der Waals surface area (Å²) < 4.78 is 18.5. The summed E-state index contributed by atoms with van der Waals surface area (Å²) >= 11 is 0. The van der Waals surface area contributed by atoms with Gasteiger partial charge in [0.2, 0.25) is 11.7 Å². The Morgan fingerprint density at radius 1 is 1.18 bits per heavy atom. The van der Waals surface area contributed by atoms with Gasteiger partial charge in [0.25, 0.3) is 0 Å². The molecule has 3 aromatic rings. The predicted molar refractivity (Wildman–Crippen MR) is 124 cm³/mol. The molecule has 4 rings (SSSR count). The second kappa shape index (κ2) is 8.78. The number of aromatic nitrogens is 4. The third-order valence-corrected chi connectivity index (χ3v) is 5.84. The van der Waals surface area contributed by atoms with Crippen molar-refractivity contribution in [2.75, 3.05) is 26.8 Å². The van der Waals surface area contributed by atoms with Crippen molar-refractivity contribution in [3.63, 3.8) is 0 Å². The molecule has 0 N–H and O–H groups in total. The lowest BCUT2D eigenvalue weighted by molar-refractivity contribution is 0.0198.